The van der Waals surface area contributed by atoms with Gasteiger partial charge in [-0.15, -0.1) is 11.8 Å². The van der Waals surface area contributed by atoms with Crippen LogP contribution in [0.1, 0.15) is 32.8 Å². The second-order valence-electron chi connectivity index (χ2n) is 5.05. The summed E-state index contributed by atoms with van der Waals surface area (Å²) < 4.78 is 0. The first kappa shape index (κ1) is 15.1. The molecule has 0 saturated carbocycles. The minimum absolute atomic E-state index is 0.0418. The van der Waals surface area contributed by atoms with E-state index in [4.69, 9.17) is 0 Å². The molecule has 1 amide bonds. The Bertz CT molecular complexity index is 373. The van der Waals surface area contributed by atoms with Gasteiger partial charge in [0.15, 0.2) is 0 Å². The highest BCUT2D eigenvalue weighted by atomic mass is 32.2. The van der Waals surface area contributed by atoms with Crippen LogP contribution in [-0.2, 0) is 4.79 Å². The monoisotopic (exact) mass is 265 g/mol. The Labute approximate surface area is 115 Å². The normalized spacial score (nSPS) is 12.5. The number of carbonyl (C=O) groups is 1. The Morgan fingerprint density at radius 2 is 1.83 bits per heavy atom. The highest BCUT2D eigenvalue weighted by molar-refractivity contribution is 8.00. The first-order valence-electron chi connectivity index (χ1n) is 6.50. The number of rotatable bonds is 6. The van der Waals surface area contributed by atoms with E-state index in [0.717, 1.165) is 17.9 Å². The summed E-state index contributed by atoms with van der Waals surface area (Å²) in [6, 6.07) is 8.28. The van der Waals surface area contributed by atoms with Gasteiger partial charge < -0.3 is 5.32 Å². The van der Waals surface area contributed by atoms with Gasteiger partial charge in [0.25, 0.3) is 0 Å². The van der Waals surface area contributed by atoms with Crippen molar-refractivity contribution in [3.05, 3.63) is 29.8 Å². The Morgan fingerprint density at radius 3 is 2.39 bits per heavy atom. The number of thioether (sulfide) groups is 1. The molecule has 0 unspecified atom stereocenters. The summed E-state index contributed by atoms with van der Waals surface area (Å²) >= 11 is 1.61. The molecule has 0 spiro atoms. The summed E-state index contributed by atoms with van der Waals surface area (Å²) in [6.07, 6.45) is 1.04. The topological polar surface area (TPSA) is 29.1 Å². The summed E-state index contributed by atoms with van der Waals surface area (Å²) in [5.41, 5.74) is 1.24. The fourth-order valence-electron chi connectivity index (χ4n) is 1.50. The number of benzene rings is 1. The van der Waals surface area contributed by atoms with Crippen molar-refractivity contribution in [2.24, 2.45) is 5.92 Å². The largest absolute Gasteiger partial charge is 0.355 e. The maximum absolute atomic E-state index is 11.9. The van der Waals surface area contributed by atoms with Crippen LogP contribution in [-0.4, -0.2) is 17.7 Å². The summed E-state index contributed by atoms with van der Waals surface area (Å²) in [6.45, 7) is 9.12. The number of nitrogens with one attached hydrogen (secondary N) is 1. The number of aryl methyl sites for hydroxylation is 1. The lowest BCUT2D eigenvalue weighted by atomic mass is 10.1. The number of hydrogen-bond acceptors (Lipinski definition) is 2. The van der Waals surface area contributed by atoms with E-state index >= 15 is 0 Å². The number of carbonyl (C=O) groups excluding carboxylic acids is 1. The number of amides is 1. The first-order valence-corrected chi connectivity index (χ1v) is 7.38. The van der Waals surface area contributed by atoms with Crippen LogP contribution in [0.2, 0.25) is 0 Å². The van der Waals surface area contributed by atoms with Crippen LogP contribution in [0.3, 0.4) is 0 Å². The molecule has 1 aromatic rings. The molecule has 1 rings (SSSR count). The van der Waals surface area contributed by atoms with Crippen LogP contribution >= 0.6 is 11.8 Å². The molecule has 100 valence electrons. The van der Waals surface area contributed by atoms with Gasteiger partial charge in [-0.3, -0.25) is 4.79 Å². The van der Waals surface area contributed by atoms with Gasteiger partial charge in [0.2, 0.25) is 5.91 Å². The molecule has 0 heterocycles. The van der Waals surface area contributed by atoms with E-state index in [-0.39, 0.29) is 11.2 Å². The zero-order valence-electron chi connectivity index (χ0n) is 11.7. The van der Waals surface area contributed by atoms with Gasteiger partial charge in [-0.1, -0.05) is 31.5 Å². The third-order valence-corrected chi connectivity index (χ3v) is 3.84. The van der Waals surface area contributed by atoms with Crippen molar-refractivity contribution in [3.8, 4) is 0 Å². The fourth-order valence-corrected chi connectivity index (χ4v) is 2.39. The molecule has 1 N–H and O–H groups in total. The van der Waals surface area contributed by atoms with Crippen LogP contribution in [0.25, 0.3) is 0 Å². The molecule has 0 aliphatic heterocycles. The lowest BCUT2D eigenvalue weighted by Gasteiger charge is -2.12. The Morgan fingerprint density at radius 1 is 1.22 bits per heavy atom. The molecule has 0 radical (unpaired) electrons. The Kier molecular flexibility index (Phi) is 6.27. The van der Waals surface area contributed by atoms with Crippen LogP contribution in [0.15, 0.2) is 29.2 Å². The van der Waals surface area contributed by atoms with Crippen LogP contribution in [0, 0.1) is 12.8 Å². The van der Waals surface area contributed by atoms with Crippen molar-refractivity contribution in [2.75, 3.05) is 6.54 Å². The van der Waals surface area contributed by atoms with Gasteiger partial charge in [-0.05, 0) is 38.3 Å². The first-order chi connectivity index (χ1) is 8.49. The third-order valence-electron chi connectivity index (χ3n) is 2.72. The van der Waals surface area contributed by atoms with E-state index < -0.39 is 0 Å². The maximum atomic E-state index is 11.9. The molecule has 0 aliphatic rings. The van der Waals surface area contributed by atoms with E-state index in [9.17, 15) is 4.79 Å². The van der Waals surface area contributed by atoms with Crippen molar-refractivity contribution in [1.29, 1.82) is 0 Å². The highest BCUT2D eigenvalue weighted by Crippen LogP contribution is 2.23. The lowest BCUT2D eigenvalue weighted by Crippen LogP contribution is -2.32. The molecule has 0 aromatic heterocycles. The predicted molar refractivity (Wildman–Crippen MR) is 79.0 cm³/mol. The lowest BCUT2D eigenvalue weighted by molar-refractivity contribution is -0.120. The molecular formula is C15H23NOS. The summed E-state index contributed by atoms with van der Waals surface area (Å²) in [7, 11) is 0. The number of hydrogen-bond donors (Lipinski definition) is 1. The Balaban J connectivity index is 2.37. The zero-order valence-corrected chi connectivity index (χ0v) is 12.5. The molecule has 1 aromatic carbocycles. The van der Waals surface area contributed by atoms with Crippen LogP contribution in [0.5, 0.6) is 0 Å². The van der Waals surface area contributed by atoms with Gasteiger partial charge in [0.05, 0.1) is 5.25 Å². The smallest absolute Gasteiger partial charge is 0.233 e. The van der Waals surface area contributed by atoms with Crippen molar-refractivity contribution in [1.82, 2.24) is 5.32 Å². The van der Waals surface area contributed by atoms with Gasteiger partial charge in [-0.2, -0.15) is 0 Å². The molecule has 3 heteroatoms. The van der Waals surface area contributed by atoms with Gasteiger partial charge in [0, 0.05) is 11.4 Å². The molecule has 0 bridgehead atoms. The van der Waals surface area contributed by atoms with E-state index in [2.05, 4.69) is 50.4 Å². The molecule has 1 atom stereocenters. The van der Waals surface area contributed by atoms with Gasteiger partial charge in [-0.25, -0.2) is 0 Å². The van der Waals surface area contributed by atoms with Gasteiger partial charge in [0.1, 0.15) is 0 Å². The average Bonchev–Trinajstić information content (AvgIpc) is 2.31. The quantitative estimate of drug-likeness (QED) is 0.796. The maximum Gasteiger partial charge on any atom is 0.233 e. The van der Waals surface area contributed by atoms with Crippen LogP contribution in [0.4, 0.5) is 0 Å². The Hall–Kier alpha value is -0.960. The predicted octanol–water partition coefficient (Wildman–Crippen LogP) is 3.64. The molecule has 0 aliphatic carbocycles. The molecule has 0 saturated heterocycles. The van der Waals surface area contributed by atoms with Crippen LogP contribution < -0.4 is 5.32 Å². The van der Waals surface area contributed by atoms with Crippen molar-refractivity contribution >= 4 is 17.7 Å². The highest BCUT2D eigenvalue weighted by Gasteiger charge is 2.13. The molecule has 2 nitrogen and oxygen atoms in total. The van der Waals surface area contributed by atoms with Gasteiger partial charge >= 0.3 is 0 Å². The average molecular weight is 265 g/mol. The van der Waals surface area contributed by atoms with E-state index in [1.165, 1.54) is 5.56 Å². The molecule has 18 heavy (non-hydrogen) atoms. The summed E-state index contributed by atoms with van der Waals surface area (Å²) in [4.78, 5) is 13.0. The van der Waals surface area contributed by atoms with E-state index in [1.54, 1.807) is 11.8 Å². The van der Waals surface area contributed by atoms with Crippen molar-refractivity contribution in [2.45, 2.75) is 44.3 Å². The summed E-state index contributed by atoms with van der Waals surface area (Å²) in [5, 5.41) is 2.94. The second kappa shape index (κ2) is 7.47. The molecule has 0 fully saturated rings. The van der Waals surface area contributed by atoms with E-state index in [0.29, 0.717) is 5.92 Å². The third kappa shape index (κ3) is 5.58. The minimum atomic E-state index is -0.0418. The standard InChI is InChI=1S/C15H23NOS/c1-11(2)9-10-16-15(17)13(4)18-14-7-5-12(3)6-8-14/h5-8,11,13H,9-10H2,1-4H3,(H,16,17)/t13-/m0/s1. The van der Waals surface area contributed by atoms with Crippen molar-refractivity contribution in [3.63, 3.8) is 0 Å². The van der Waals surface area contributed by atoms with Crippen molar-refractivity contribution < 1.29 is 4.79 Å². The SMILES string of the molecule is Cc1ccc(S[C@@H](C)C(=O)NCCC(C)C)cc1. The summed E-state index contributed by atoms with van der Waals surface area (Å²) in [5.74, 6) is 0.756. The zero-order chi connectivity index (χ0) is 13.5. The molecular weight excluding hydrogens is 242 g/mol. The minimum Gasteiger partial charge on any atom is -0.355 e. The van der Waals surface area contributed by atoms with E-state index in [1.807, 2.05) is 6.92 Å². The fraction of sp³-hybridized carbons (Fsp3) is 0.533. The second-order valence-corrected chi connectivity index (χ2v) is 6.46.